The Labute approximate surface area is 234 Å². The lowest BCUT2D eigenvalue weighted by Crippen LogP contribution is -2.18. The highest BCUT2D eigenvalue weighted by Crippen LogP contribution is 2.46. The summed E-state index contributed by atoms with van der Waals surface area (Å²) in [6.45, 7) is 7.77. The summed E-state index contributed by atoms with van der Waals surface area (Å²) in [5.41, 5.74) is 1.76. The maximum absolute atomic E-state index is 13.3. The minimum absolute atomic E-state index is 0.239. The highest BCUT2D eigenvalue weighted by Gasteiger charge is 2.28. The molecular weight excluding hydrogens is 546 g/mol. The second-order valence-electron chi connectivity index (χ2n) is 8.34. The average Bonchev–Trinajstić information content (AvgIpc) is 2.97. The fourth-order valence-electron chi connectivity index (χ4n) is 3.45. The van der Waals surface area contributed by atoms with E-state index in [2.05, 4.69) is 23.3 Å². The Kier molecular flexibility index (Phi) is 10.0. The molecule has 8 nitrogen and oxygen atoms in total. The van der Waals surface area contributed by atoms with Crippen LogP contribution in [0, 0.1) is 0 Å². The summed E-state index contributed by atoms with van der Waals surface area (Å²) in [5.74, 6) is 1.57. The highest BCUT2D eigenvalue weighted by molar-refractivity contribution is 7.52. The molecule has 0 heterocycles. The minimum Gasteiger partial charge on any atom is -0.405 e. The van der Waals surface area contributed by atoms with Crippen molar-refractivity contribution in [2.24, 2.45) is 0 Å². The van der Waals surface area contributed by atoms with Crippen LogP contribution in [0.5, 0.6) is 23.0 Å². The van der Waals surface area contributed by atoms with Gasteiger partial charge in [0.05, 0.1) is 0 Å². The van der Waals surface area contributed by atoms with E-state index in [0.29, 0.717) is 23.0 Å². The number of hydrogen-bond donors (Lipinski definition) is 2. The molecule has 10 heteroatoms. The standard InChI is InChI=1S/C30H30N2O6P2/c1-3-23-31-39(33,35-27-11-7-5-8-12-27)37-29-19-15-25(16-20-29)26-17-21-30(22-18-26)38-40(34,32-24-4-2)36-28-13-9-6-10-14-28/h3-22H,1-2,23-24H2,(H,31,33)(H,32,34). The van der Waals surface area contributed by atoms with E-state index in [0.717, 1.165) is 11.1 Å². The Bertz CT molecular complexity index is 1370. The molecule has 0 spiro atoms. The molecule has 4 aromatic carbocycles. The molecule has 40 heavy (non-hydrogen) atoms. The van der Waals surface area contributed by atoms with E-state index in [4.69, 9.17) is 18.1 Å². The third-order valence-electron chi connectivity index (χ3n) is 5.29. The molecule has 2 atom stereocenters. The summed E-state index contributed by atoms with van der Waals surface area (Å²) < 4.78 is 49.5. The average molecular weight is 577 g/mol. The summed E-state index contributed by atoms with van der Waals surface area (Å²) >= 11 is 0. The first-order valence-corrected chi connectivity index (χ1v) is 15.5. The van der Waals surface area contributed by atoms with E-state index in [1.807, 2.05) is 36.4 Å². The van der Waals surface area contributed by atoms with Gasteiger partial charge in [-0.1, -0.05) is 72.8 Å². The van der Waals surface area contributed by atoms with Crippen LogP contribution in [-0.2, 0) is 9.13 Å². The maximum atomic E-state index is 13.3. The van der Waals surface area contributed by atoms with Gasteiger partial charge in [0, 0.05) is 13.1 Å². The third-order valence-corrected chi connectivity index (χ3v) is 8.23. The lowest BCUT2D eigenvalue weighted by atomic mass is 10.1. The molecule has 0 aliphatic carbocycles. The zero-order chi connectivity index (χ0) is 28.3. The number of nitrogens with one attached hydrogen (secondary N) is 2. The zero-order valence-corrected chi connectivity index (χ0v) is 23.5. The highest BCUT2D eigenvalue weighted by atomic mass is 31.2. The van der Waals surface area contributed by atoms with Gasteiger partial charge in [0.1, 0.15) is 23.0 Å². The van der Waals surface area contributed by atoms with Gasteiger partial charge in [-0.15, -0.1) is 13.2 Å². The van der Waals surface area contributed by atoms with E-state index in [1.165, 1.54) is 0 Å². The molecule has 4 rings (SSSR count). The molecule has 0 saturated carbocycles. The molecule has 0 amide bonds. The lowest BCUT2D eigenvalue weighted by molar-refractivity contribution is 0.372. The van der Waals surface area contributed by atoms with Crippen LogP contribution in [0.3, 0.4) is 0 Å². The molecule has 206 valence electrons. The SMILES string of the molecule is C=CCNP(=O)(Oc1ccccc1)Oc1ccc(-c2ccc(OP(=O)(NCC=C)Oc3ccccc3)cc2)cc1. The molecular formula is C30H30N2O6P2. The van der Waals surface area contributed by atoms with Gasteiger partial charge < -0.3 is 18.1 Å². The number of benzene rings is 4. The Morgan fingerprint density at radius 1 is 0.500 bits per heavy atom. The fourth-order valence-corrected chi connectivity index (χ4v) is 6.09. The molecule has 0 bridgehead atoms. The first-order valence-electron chi connectivity index (χ1n) is 12.4. The van der Waals surface area contributed by atoms with Crippen LogP contribution in [0.25, 0.3) is 11.1 Å². The molecule has 0 aliphatic rings. The van der Waals surface area contributed by atoms with E-state index in [-0.39, 0.29) is 13.1 Å². The van der Waals surface area contributed by atoms with Crippen molar-refractivity contribution in [1.29, 1.82) is 0 Å². The fraction of sp³-hybridized carbons (Fsp3) is 0.0667. The van der Waals surface area contributed by atoms with Crippen molar-refractivity contribution in [3.63, 3.8) is 0 Å². The minimum atomic E-state index is -3.72. The molecule has 2 N–H and O–H groups in total. The molecule has 0 saturated heterocycles. The summed E-state index contributed by atoms with van der Waals surface area (Å²) in [5, 5.41) is 5.55. The zero-order valence-electron chi connectivity index (χ0n) is 21.7. The van der Waals surface area contributed by atoms with Crippen LogP contribution < -0.4 is 28.3 Å². The lowest BCUT2D eigenvalue weighted by Gasteiger charge is -2.20. The molecule has 0 aliphatic heterocycles. The van der Waals surface area contributed by atoms with Gasteiger partial charge >= 0.3 is 15.5 Å². The Hall–Kier alpha value is -4.06. The predicted molar refractivity (Wildman–Crippen MR) is 159 cm³/mol. The molecule has 4 aromatic rings. The van der Waals surface area contributed by atoms with Gasteiger partial charge in [0.15, 0.2) is 0 Å². The van der Waals surface area contributed by atoms with Crippen LogP contribution in [0.4, 0.5) is 0 Å². The Balaban J connectivity index is 1.45. The first-order chi connectivity index (χ1) is 19.4. The van der Waals surface area contributed by atoms with Gasteiger partial charge in [-0.2, -0.15) is 10.2 Å². The normalized spacial score (nSPS) is 13.7. The summed E-state index contributed by atoms with van der Waals surface area (Å²) in [4.78, 5) is 0. The largest absolute Gasteiger partial charge is 0.513 e. The molecule has 0 fully saturated rings. The van der Waals surface area contributed by atoms with Crippen molar-refractivity contribution >= 4 is 15.5 Å². The maximum Gasteiger partial charge on any atom is 0.513 e. The van der Waals surface area contributed by atoms with Crippen molar-refractivity contribution in [2.75, 3.05) is 13.1 Å². The van der Waals surface area contributed by atoms with Crippen molar-refractivity contribution in [3.8, 4) is 34.1 Å². The van der Waals surface area contributed by atoms with Crippen LogP contribution in [0.1, 0.15) is 0 Å². The quantitative estimate of drug-likeness (QED) is 0.108. The van der Waals surface area contributed by atoms with Gasteiger partial charge in [0.2, 0.25) is 0 Å². The summed E-state index contributed by atoms with van der Waals surface area (Å²) in [6.07, 6.45) is 3.14. The van der Waals surface area contributed by atoms with Gasteiger partial charge in [-0.3, -0.25) is 0 Å². The summed E-state index contributed by atoms with van der Waals surface area (Å²) in [6, 6.07) is 31.8. The van der Waals surface area contributed by atoms with Crippen molar-refractivity contribution < 1.29 is 27.2 Å². The molecule has 0 aromatic heterocycles. The number of rotatable bonds is 15. The van der Waals surface area contributed by atoms with Gasteiger partial charge in [-0.05, 0) is 59.7 Å². The monoisotopic (exact) mass is 576 g/mol. The first kappa shape index (κ1) is 28.9. The second kappa shape index (κ2) is 13.8. The van der Waals surface area contributed by atoms with E-state index < -0.39 is 15.5 Å². The van der Waals surface area contributed by atoms with E-state index in [9.17, 15) is 9.13 Å². The third kappa shape index (κ3) is 8.47. The van der Waals surface area contributed by atoms with Crippen molar-refractivity contribution in [2.45, 2.75) is 0 Å². The van der Waals surface area contributed by atoms with Gasteiger partial charge in [0.25, 0.3) is 0 Å². The van der Waals surface area contributed by atoms with Gasteiger partial charge in [-0.25, -0.2) is 9.13 Å². The Morgan fingerprint density at radius 3 is 1.10 bits per heavy atom. The predicted octanol–water partition coefficient (Wildman–Crippen LogP) is 8.04. The van der Waals surface area contributed by atoms with Crippen LogP contribution >= 0.6 is 15.5 Å². The number of hydrogen-bond acceptors (Lipinski definition) is 6. The van der Waals surface area contributed by atoms with Crippen LogP contribution in [-0.4, -0.2) is 13.1 Å². The molecule has 2 unspecified atom stereocenters. The van der Waals surface area contributed by atoms with E-state index >= 15 is 0 Å². The summed E-state index contributed by atoms with van der Waals surface area (Å²) in [7, 11) is -7.43. The van der Waals surface area contributed by atoms with Crippen LogP contribution in [0.2, 0.25) is 0 Å². The number of para-hydroxylation sites is 2. The van der Waals surface area contributed by atoms with Crippen molar-refractivity contribution in [3.05, 3.63) is 135 Å². The second-order valence-corrected chi connectivity index (χ2v) is 11.7. The van der Waals surface area contributed by atoms with Crippen molar-refractivity contribution in [1.82, 2.24) is 10.2 Å². The smallest absolute Gasteiger partial charge is 0.405 e. The van der Waals surface area contributed by atoms with Crippen LogP contribution in [0.15, 0.2) is 135 Å². The Morgan fingerprint density at radius 2 is 0.800 bits per heavy atom. The van der Waals surface area contributed by atoms with E-state index in [1.54, 1.807) is 84.9 Å². The molecule has 0 radical (unpaired) electrons. The topological polar surface area (TPSA) is 95.1 Å².